The average molecular weight is 261 g/mol. The molecule has 19 heavy (non-hydrogen) atoms. The molecule has 2 rings (SSSR count). The van der Waals surface area contributed by atoms with E-state index in [0.717, 1.165) is 0 Å². The van der Waals surface area contributed by atoms with Gasteiger partial charge in [-0.25, -0.2) is 9.78 Å². The molecule has 0 radical (unpaired) electrons. The highest BCUT2D eigenvalue weighted by Crippen LogP contribution is 2.24. The first kappa shape index (κ1) is 13.1. The van der Waals surface area contributed by atoms with Crippen molar-refractivity contribution in [1.82, 2.24) is 14.9 Å². The number of hydrogen-bond acceptors (Lipinski definition) is 3. The first-order valence-corrected chi connectivity index (χ1v) is 5.89. The van der Waals surface area contributed by atoms with E-state index in [1.807, 2.05) is 0 Å². The van der Waals surface area contributed by atoms with E-state index >= 15 is 0 Å². The summed E-state index contributed by atoms with van der Waals surface area (Å²) in [6.07, 6.45) is 0. The number of aromatic nitrogens is 2. The lowest BCUT2D eigenvalue weighted by atomic mass is 10.1. The molecule has 0 saturated heterocycles. The number of carboxylic acid groups (broad SMARTS) is 1. The third-order valence-electron chi connectivity index (χ3n) is 3.13. The van der Waals surface area contributed by atoms with Crippen LogP contribution in [0.1, 0.15) is 29.1 Å². The highest BCUT2D eigenvalue weighted by Gasteiger charge is 2.22. The Hall–Kier alpha value is -2.37. The molecule has 1 atom stereocenters. The maximum absolute atomic E-state index is 11.8. The van der Waals surface area contributed by atoms with E-state index in [4.69, 9.17) is 0 Å². The number of carboxylic acids is 1. The second kappa shape index (κ2) is 4.72. The van der Waals surface area contributed by atoms with E-state index in [9.17, 15) is 14.7 Å². The lowest BCUT2D eigenvalue weighted by Gasteiger charge is -2.15. The van der Waals surface area contributed by atoms with Gasteiger partial charge in [0, 0.05) is 7.05 Å². The number of benzene rings is 1. The third-order valence-corrected chi connectivity index (χ3v) is 3.13. The number of carbonyl (C=O) groups excluding carboxylic acids is 1. The maximum Gasteiger partial charge on any atom is 0.337 e. The Morgan fingerprint density at radius 3 is 2.68 bits per heavy atom. The summed E-state index contributed by atoms with van der Waals surface area (Å²) >= 11 is 0. The molecule has 0 fully saturated rings. The van der Waals surface area contributed by atoms with Gasteiger partial charge in [0.15, 0.2) is 0 Å². The van der Waals surface area contributed by atoms with Gasteiger partial charge in [0.1, 0.15) is 11.9 Å². The Morgan fingerprint density at radius 1 is 1.42 bits per heavy atom. The van der Waals surface area contributed by atoms with Crippen LogP contribution in [-0.2, 0) is 4.79 Å². The smallest absolute Gasteiger partial charge is 0.337 e. The van der Waals surface area contributed by atoms with E-state index in [0.29, 0.717) is 16.9 Å². The summed E-state index contributed by atoms with van der Waals surface area (Å²) in [6, 6.07) is 4.38. The van der Waals surface area contributed by atoms with Crippen molar-refractivity contribution in [3.63, 3.8) is 0 Å². The molecule has 100 valence electrons. The van der Waals surface area contributed by atoms with Crippen LogP contribution in [0.4, 0.5) is 0 Å². The fourth-order valence-electron chi connectivity index (χ4n) is 2.24. The van der Waals surface area contributed by atoms with Gasteiger partial charge >= 0.3 is 5.97 Å². The van der Waals surface area contributed by atoms with Gasteiger partial charge in [-0.1, -0.05) is 6.07 Å². The van der Waals surface area contributed by atoms with Crippen molar-refractivity contribution in [2.45, 2.75) is 19.9 Å². The number of para-hydroxylation sites is 1. The van der Waals surface area contributed by atoms with Crippen molar-refractivity contribution in [2.24, 2.45) is 0 Å². The third kappa shape index (κ3) is 2.05. The molecule has 0 bridgehead atoms. The summed E-state index contributed by atoms with van der Waals surface area (Å²) in [6.45, 7) is 3.47. The van der Waals surface area contributed by atoms with Gasteiger partial charge in [-0.15, -0.1) is 0 Å². The Balaban J connectivity index is 2.76. The first-order chi connectivity index (χ1) is 8.97. The molecule has 1 amide bonds. The molecule has 1 aromatic carbocycles. The number of nitrogens with one attached hydrogen (secondary N) is 1. The van der Waals surface area contributed by atoms with Crippen LogP contribution >= 0.6 is 0 Å². The van der Waals surface area contributed by atoms with Crippen LogP contribution in [-0.4, -0.2) is 33.6 Å². The Morgan fingerprint density at radius 2 is 2.11 bits per heavy atom. The largest absolute Gasteiger partial charge is 0.478 e. The Labute approximate surface area is 110 Å². The number of fused-ring (bicyclic) bond motifs is 1. The molecule has 0 aliphatic rings. The van der Waals surface area contributed by atoms with Gasteiger partial charge in [0.2, 0.25) is 5.91 Å². The van der Waals surface area contributed by atoms with Gasteiger partial charge in [0.25, 0.3) is 0 Å². The molecule has 0 aliphatic carbocycles. The lowest BCUT2D eigenvalue weighted by molar-refractivity contribution is -0.123. The fraction of sp³-hybridized carbons (Fsp3) is 0.308. The lowest BCUT2D eigenvalue weighted by Crippen LogP contribution is -2.28. The predicted octanol–water partition coefficient (Wildman–Crippen LogP) is 1.35. The summed E-state index contributed by atoms with van der Waals surface area (Å²) in [5.41, 5.74) is 1.20. The van der Waals surface area contributed by atoms with E-state index in [1.54, 1.807) is 37.6 Å². The van der Waals surface area contributed by atoms with Crippen LogP contribution in [0.3, 0.4) is 0 Å². The van der Waals surface area contributed by atoms with E-state index in [2.05, 4.69) is 10.3 Å². The fourth-order valence-corrected chi connectivity index (χ4v) is 2.24. The molecule has 1 aromatic heterocycles. The molecular formula is C13H15N3O3. The molecule has 1 heterocycles. The van der Waals surface area contributed by atoms with Crippen molar-refractivity contribution in [2.75, 3.05) is 7.05 Å². The zero-order valence-electron chi connectivity index (χ0n) is 11.0. The second-order valence-electron chi connectivity index (χ2n) is 4.30. The Kier molecular flexibility index (Phi) is 3.25. The molecule has 2 N–H and O–H groups in total. The minimum atomic E-state index is -1.03. The van der Waals surface area contributed by atoms with Crippen LogP contribution in [0, 0.1) is 6.92 Å². The number of likely N-dealkylation sites (N-methyl/N-ethyl adjacent to an activating group) is 1. The number of rotatable bonds is 3. The molecular weight excluding hydrogens is 246 g/mol. The van der Waals surface area contributed by atoms with Crippen LogP contribution in [0.15, 0.2) is 18.2 Å². The quantitative estimate of drug-likeness (QED) is 0.873. The highest BCUT2D eigenvalue weighted by molar-refractivity contribution is 6.01. The molecule has 2 aromatic rings. The normalized spacial score (nSPS) is 12.4. The molecule has 6 nitrogen and oxygen atoms in total. The minimum absolute atomic E-state index is 0.147. The van der Waals surface area contributed by atoms with Gasteiger partial charge in [-0.05, 0) is 26.0 Å². The first-order valence-electron chi connectivity index (χ1n) is 5.89. The number of carbonyl (C=O) groups is 2. The summed E-state index contributed by atoms with van der Waals surface area (Å²) in [4.78, 5) is 27.4. The van der Waals surface area contributed by atoms with Crippen LogP contribution in [0.5, 0.6) is 0 Å². The van der Waals surface area contributed by atoms with Crippen LogP contribution in [0.2, 0.25) is 0 Å². The topological polar surface area (TPSA) is 84.2 Å². The average Bonchev–Trinajstić information content (AvgIpc) is 2.72. The van der Waals surface area contributed by atoms with Crippen LogP contribution < -0.4 is 5.32 Å². The number of aryl methyl sites for hydroxylation is 1. The van der Waals surface area contributed by atoms with Crippen molar-refractivity contribution in [3.8, 4) is 0 Å². The zero-order chi connectivity index (χ0) is 14.2. The second-order valence-corrected chi connectivity index (χ2v) is 4.30. The molecule has 6 heteroatoms. The number of hydrogen-bond donors (Lipinski definition) is 2. The molecule has 1 unspecified atom stereocenters. The Bertz CT molecular complexity index is 660. The number of amides is 1. The van der Waals surface area contributed by atoms with Crippen molar-refractivity contribution < 1.29 is 14.7 Å². The standard InChI is InChI=1S/C13H15N3O3/c1-7(12(17)14-3)16-8(2)15-10-6-4-5-9(11(10)16)13(18)19/h4-7H,1-3H3,(H,14,17)(H,18,19). The minimum Gasteiger partial charge on any atom is -0.478 e. The van der Waals surface area contributed by atoms with E-state index < -0.39 is 12.0 Å². The molecule has 0 saturated carbocycles. The van der Waals surface area contributed by atoms with Gasteiger partial charge in [-0.2, -0.15) is 0 Å². The summed E-state index contributed by atoms with van der Waals surface area (Å²) < 4.78 is 1.65. The van der Waals surface area contributed by atoms with E-state index in [-0.39, 0.29) is 11.5 Å². The van der Waals surface area contributed by atoms with E-state index in [1.165, 1.54) is 6.07 Å². The molecule has 0 aliphatic heterocycles. The monoisotopic (exact) mass is 261 g/mol. The predicted molar refractivity (Wildman–Crippen MR) is 70.2 cm³/mol. The highest BCUT2D eigenvalue weighted by atomic mass is 16.4. The summed E-state index contributed by atoms with van der Waals surface area (Å²) in [5, 5.41) is 11.8. The van der Waals surface area contributed by atoms with Gasteiger partial charge in [-0.3, -0.25) is 4.79 Å². The van der Waals surface area contributed by atoms with Crippen molar-refractivity contribution >= 4 is 22.9 Å². The number of nitrogens with zero attached hydrogens (tertiary/aromatic N) is 2. The maximum atomic E-state index is 11.8. The van der Waals surface area contributed by atoms with Crippen LogP contribution in [0.25, 0.3) is 11.0 Å². The summed E-state index contributed by atoms with van der Waals surface area (Å²) in [5.74, 6) is -0.613. The van der Waals surface area contributed by atoms with Gasteiger partial charge in [0.05, 0.1) is 16.6 Å². The van der Waals surface area contributed by atoms with Crippen molar-refractivity contribution in [3.05, 3.63) is 29.6 Å². The SMILES string of the molecule is CNC(=O)C(C)n1c(C)nc2cccc(C(=O)O)c21. The number of aromatic carboxylic acids is 1. The zero-order valence-corrected chi connectivity index (χ0v) is 11.0. The number of imidazole rings is 1. The summed E-state index contributed by atoms with van der Waals surface area (Å²) in [7, 11) is 1.55. The van der Waals surface area contributed by atoms with Gasteiger partial charge < -0.3 is 15.0 Å². The van der Waals surface area contributed by atoms with Crippen molar-refractivity contribution in [1.29, 1.82) is 0 Å². The molecule has 0 spiro atoms.